The van der Waals surface area contributed by atoms with E-state index in [2.05, 4.69) is 6.92 Å². The number of hydrogen-bond donors (Lipinski definition) is 1. The van der Waals surface area contributed by atoms with Crippen LogP contribution in [0.1, 0.15) is 84.0 Å². The van der Waals surface area contributed by atoms with Gasteiger partial charge in [-0.05, 0) is 6.42 Å². The summed E-state index contributed by atoms with van der Waals surface area (Å²) in [5, 5.41) is 8.46. The van der Waals surface area contributed by atoms with Gasteiger partial charge in [0.15, 0.2) is 0 Å². The molecule has 3 heteroatoms. The molecule has 0 saturated carbocycles. The quantitative estimate of drug-likeness (QED) is 0.520. The first-order valence-electron chi connectivity index (χ1n) is 6.99. The van der Waals surface area contributed by atoms with Crippen molar-refractivity contribution in [3.8, 4) is 0 Å². The van der Waals surface area contributed by atoms with Crippen LogP contribution in [0.3, 0.4) is 0 Å². The molecule has 0 aromatic carbocycles. The summed E-state index contributed by atoms with van der Waals surface area (Å²) in [6.45, 7) is 2.25. The van der Waals surface area contributed by atoms with Crippen LogP contribution < -0.4 is 0 Å². The third-order valence-corrected chi connectivity index (χ3v) is 2.99. The Morgan fingerprint density at radius 3 is 1.47 bits per heavy atom. The number of unbranched alkanes of at least 4 members (excludes halogenated alkanes) is 10. The van der Waals surface area contributed by atoms with Crippen LogP contribution in [0.25, 0.3) is 0 Å². The minimum absolute atomic E-state index is 0. The molecule has 0 heterocycles. The molecule has 1 radical (unpaired) electrons. The van der Waals surface area contributed by atoms with Crippen molar-refractivity contribution in [3.63, 3.8) is 0 Å². The summed E-state index contributed by atoms with van der Waals surface area (Å²) in [5.41, 5.74) is 0. The van der Waals surface area contributed by atoms with Crippen molar-refractivity contribution in [1.82, 2.24) is 0 Å². The molecule has 0 rings (SSSR count). The van der Waals surface area contributed by atoms with Crippen molar-refractivity contribution in [2.24, 2.45) is 0 Å². The monoisotopic (exact) mass is 273 g/mol. The van der Waals surface area contributed by atoms with Gasteiger partial charge in [0.25, 0.3) is 0 Å². The van der Waals surface area contributed by atoms with E-state index in [4.69, 9.17) is 5.11 Å². The van der Waals surface area contributed by atoms with Crippen molar-refractivity contribution in [1.29, 1.82) is 0 Å². The molecular formula is C14H28O2Sc. The largest absolute Gasteiger partial charge is 0.481 e. The van der Waals surface area contributed by atoms with Gasteiger partial charge in [0, 0.05) is 32.3 Å². The predicted molar refractivity (Wildman–Crippen MR) is 68.7 cm³/mol. The Kier molecular flexibility index (Phi) is 18.9. The van der Waals surface area contributed by atoms with E-state index in [-0.39, 0.29) is 25.8 Å². The number of carbonyl (C=O) groups is 1. The van der Waals surface area contributed by atoms with Gasteiger partial charge in [0.1, 0.15) is 0 Å². The number of rotatable bonds is 12. The van der Waals surface area contributed by atoms with Gasteiger partial charge in [-0.25, -0.2) is 0 Å². The number of carboxylic acids is 1. The first-order chi connectivity index (χ1) is 7.77. The van der Waals surface area contributed by atoms with Crippen LogP contribution in [0, 0.1) is 0 Å². The van der Waals surface area contributed by atoms with Crippen molar-refractivity contribution in [3.05, 3.63) is 0 Å². The van der Waals surface area contributed by atoms with Crippen LogP contribution >= 0.6 is 0 Å². The first kappa shape index (κ1) is 19.7. The van der Waals surface area contributed by atoms with E-state index in [1.165, 1.54) is 57.8 Å². The summed E-state index contributed by atoms with van der Waals surface area (Å²) in [4.78, 5) is 10.3. The van der Waals surface area contributed by atoms with Crippen LogP contribution in [0.2, 0.25) is 0 Å². The van der Waals surface area contributed by atoms with Crippen LogP contribution in [0.5, 0.6) is 0 Å². The number of carboxylic acid groups (broad SMARTS) is 1. The zero-order chi connectivity index (χ0) is 12.1. The predicted octanol–water partition coefficient (Wildman–Crippen LogP) is 4.77. The molecule has 0 aliphatic heterocycles. The van der Waals surface area contributed by atoms with Crippen molar-refractivity contribution in [2.45, 2.75) is 84.0 Å². The maximum absolute atomic E-state index is 10.3. The van der Waals surface area contributed by atoms with Crippen molar-refractivity contribution in [2.75, 3.05) is 0 Å². The van der Waals surface area contributed by atoms with E-state index >= 15 is 0 Å². The van der Waals surface area contributed by atoms with Crippen LogP contribution in [-0.2, 0) is 30.6 Å². The molecule has 0 atom stereocenters. The van der Waals surface area contributed by atoms with Crippen molar-refractivity contribution < 1.29 is 35.7 Å². The van der Waals surface area contributed by atoms with E-state index < -0.39 is 5.97 Å². The minimum atomic E-state index is -0.657. The van der Waals surface area contributed by atoms with Gasteiger partial charge in [0.05, 0.1) is 0 Å². The summed E-state index contributed by atoms with van der Waals surface area (Å²) in [6.07, 6.45) is 14.4. The molecule has 0 aliphatic carbocycles. The summed E-state index contributed by atoms with van der Waals surface area (Å²) in [7, 11) is 0. The summed E-state index contributed by atoms with van der Waals surface area (Å²) in [5.74, 6) is -0.657. The van der Waals surface area contributed by atoms with Gasteiger partial charge in [-0.2, -0.15) is 0 Å². The molecule has 1 N–H and O–H groups in total. The first-order valence-corrected chi connectivity index (χ1v) is 6.99. The molecular weight excluding hydrogens is 245 g/mol. The van der Waals surface area contributed by atoms with E-state index in [0.717, 1.165) is 12.8 Å². The molecule has 0 amide bonds. The van der Waals surface area contributed by atoms with Gasteiger partial charge in [-0.1, -0.05) is 71.1 Å². The maximum atomic E-state index is 10.3. The Morgan fingerprint density at radius 2 is 1.12 bits per heavy atom. The smallest absolute Gasteiger partial charge is 0.303 e. The van der Waals surface area contributed by atoms with Crippen LogP contribution in [0.4, 0.5) is 0 Å². The van der Waals surface area contributed by atoms with E-state index in [1.807, 2.05) is 0 Å². The number of hydrogen-bond acceptors (Lipinski definition) is 1. The van der Waals surface area contributed by atoms with Gasteiger partial charge in [-0.15, -0.1) is 0 Å². The molecule has 2 nitrogen and oxygen atoms in total. The Morgan fingerprint density at radius 1 is 0.765 bits per heavy atom. The molecule has 0 aromatic heterocycles. The molecule has 0 aliphatic rings. The molecule has 17 heavy (non-hydrogen) atoms. The van der Waals surface area contributed by atoms with Crippen LogP contribution in [-0.4, -0.2) is 11.1 Å². The third-order valence-electron chi connectivity index (χ3n) is 2.99. The molecule has 0 spiro atoms. The second-order valence-electron chi connectivity index (χ2n) is 4.68. The number of aliphatic carboxylic acids is 1. The fraction of sp³-hybridized carbons (Fsp3) is 0.929. The molecule has 0 aromatic rings. The normalized spacial score (nSPS) is 9.94. The Hall–Kier alpha value is 0.340. The Labute approximate surface area is 125 Å². The third kappa shape index (κ3) is 18.9. The van der Waals surface area contributed by atoms with Gasteiger partial charge >= 0.3 is 5.97 Å². The standard InChI is InChI=1S/C14H28O2.Sc/c1-2-3-4-5-6-7-8-9-10-11-12-13-14(15)16;/h2-13H2,1H3,(H,15,16);. The topological polar surface area (TPSA) is 37.3 Å². The molecule has 0 unspecified atom stereocenters. The molecule has 0 bridgehead atoms. The van der Waals surface area contributed by atoms with Gasteiger partial charge < -0.3 is 5.11 Å². The van der Waals surface area contributed by atoms with Gasteiger partial charge in [-0.3, -0.25) is 4.79 Å². The fourth-order valence-corrected chi connectivity index (χ4v) is 1.94. The van der Waals surface area contributed by atoms with E-state index in [0.29, 0.717) is 6.42 Å². The van der Waals surface area contributed by atoms with E-state index in [1.54, 1.807) is 0 Å². The summed E-state index contributed by atoms with van der Waals surface area (Å²) < 4.78 is 0. The van der Waals surface area contributed by atoms with Crippen molar-refractivity contribution >= 4 is 5.97 Å². The molecule has 99 valence electrons. The summed E-state index contributed by atoms with van der Waals surface area (Å²) >= 11 is 0. The van der Waals surface area contributed by atoms with E-state index in [9.17, 15) is 4.79 Å². The second kappa shape index (κ2) is 16.3. The Bertz CT molecular complexity index is 160. The average molecular weight is 273 g/mol. The average Bonchev–Trinajstić information content (AvgIpc) is 2.25. The maximum Gasteiger partial charge on any atom is 0.303 e. The molecule has 0 saturated heterocycles. The van der Waals surface area contributed by atoms with Crippen LogP contribution in [0.15, 0.2) is 0 Å². The summed E-state index contributed by atoms with van der Waals surface area (Å²) in [6, 6.07) is 0. The minimum Gasteiger partial charge on any atom is -0.481 e. The fourth-order valence-electron chi connectivity index (χ4n) is 1.94. The zero-order valence-corrected chi connectivity index (χ0v) is 13.2. The Balaban J connectivity index is 0. The SMILES string of the molecule is CCCCCCCCCCCCCC(=O)O.[Sc]. The van der Waals surface area contributed by atoms with Gasteiger partial charge in [0.2, 0.25) is 0 Å². The zero-order valence-electron chi connectivity index (χ0n) is 11.4. The second-order valence-corrected chi connectivity index (χ2v) is 4.68. The molecule has 0 fully saturated rings.